The summed E-state index contributed by atoms with van der Waals surface area (Å²) >= 11 is 0. The zero-order valence-electron chi connectivity index (χ0n) is 10.4. The van der Waals surface area contributed by atoms with Crippen molar-refractivity contribution in [1.29, 1.82) is 0 Å². The molecule has 0 spiro atoms. The van der Waals surface area contributed by atoms with Gasteiger partial charge in [0.15, 0.2) is 0 Å². The van der Waals surface area contributed by atoms with Crippen LogP contribution in [0, 0.1) is 5.92 Å². The molecule has 1 aromatic carbocycles. The van der Waals surface area contributed by atoms with E-state index in [1.165, 1.54) is 18.2 Å². The van der Waals surface area contributed by atoms with E-state index in [4.69, 9.17) is 5.73 Å². The lowest BCUT2D eigenvalue weighted by Gasteiger charge is -2.23. The van der Waals surface area contributed by atoms with E-state index < -0.39 is 23.9 Å². The molecule has 2 nitrogen and oxygen atoms in total. The molecule has 0 bridgehead atoms. The first-order valence-corrected chi connectivity index (χ1v) is 5.83. The van der Waals surface area contributed by atoms with Crippen LogP contribution in [0.15, 0.2) is 24.3 Å². The van der Waals surface area contributed by atoms with Crippen LogP contribution in [0.2, 0.25) is 0 Å². The van der Waals surface area contributed by atoms with Crippen LogP contribution in [0.1, 0.15) is 37.4 Å². The SMILES string of the molecule is CC(C)C[C@H](O)[C@H](N)c1ccccc1C(F)(F)F. The van der Waals surface area contributed by atoms with Gasteiger partial charge in [-0.1, -0.05) is 32.0 Å². The monoisotopic (exact) mass is 261 g/mol. The Labute approximate surface area is 105 Å². The molecule has 0 heterocycles. The molecule has 1 rings (SSSR count). The van der Waals surface area contributed by atoms with E-state index in [1.54, 1.807) is 0 Å². The molecule has 0 radical (unpaired) electrons. The van der Waals surface area contributed by atoms with Gasteiger partial charge in [0, 0.05) is 0 Å². The zero-order chi connectivity index (χ0) is 13.9. The fraction of sp³-hybridized carbons (Fsp3) is 0.538. The molecule has 0 aliphatic heterocycles. The maximum absolute atomic E-state index is 12.8. The second-order valence-corrected chi connectivity index (χ2v) is 4.81. The minimum absolute atomic E-state index is 0.0573. The van der Waals surface area contributed by atoms with Gasteiger partial charge in [0.1, 0.15) is 0 Å². The van der Waals surface area contributed by atoms with Gasteiger partial charge in [-0.3, -0.25) is 0 Å². The van der Waals surface area contributed by atoms with Gasteiger partial charge in [0.25, 0.3) is 0 Å². The van der Waals surface area contributed by atoms with E-state index in [-0.39, 0.29) is 11.5 Å². The quantitative estimate of drug-likeness (QED) is 0.874. The van der Waals surface area contributed by atoms with Gasteiger partial charge in [0.05, 0.1) is 17.7 Å². The lowest BCUT2D eigenvalue weighted by Crippen LogP contribution is -2.29. The topological polar surface area (TPSA) is 46.2 Å². The standard InChI is InChI=1S/C13H18F3NO/c1-8(2)7-11(18)12(17)9-5-3-4-6-10(9)13(14,15)16/h3-6,8,11-12,18H,7,17H2,1-2H3/t11-,12+/m0/s1. The van der Waals surface area contributed by atoms with Gasteiger partial charge in [-0.2, -0.15) is 13.2 Å². The predicted octanol–water partition coefficient (Wildman–Crippen LogP) is 3.11. The third-order valence-corrected chi connectivity index (χ3v) is 2.75. The van der Waals surface area contributed by atoms with Crippen LogP contribution in [0.25, 0.3) is 0 Å². The Kier molecular flexibility index (Phi) is 4.76. The minimum atomic E-state index is -4.45. The first-order chi connectivity index (χ1) is 8.23. The molecule has 0 saturated carbocycles. The highest BCUT2D eigenvalue weighted by atomic mass is 19.4. The summed E-state index contributed by atoms with van der Waals surface area (Å²) < 4.78 is 38.4. The first-order valence-electron chi connectivity index (χ1n) is 5.83. The van der Waals surface area contributed by atoms with Gasteiger partial charge in [-0.25, -0.2) is 0 Å². The second kappa shape index (κ2) is 5.71. The summed E-state index contributed by atoms with van der Waals surface area (Å²) in [6.45, 7) is 3.76. The number of benzene rings is 1. The van der Waals surface area contributed by atoms with Crippen molar-refractivity contribution in [2.75, 3.05) is 0 Å². The van der Waals surface area contributed by atoms with Crippen molar-refractivity contribution in [3.05, 3.63) is 35.4 Å². The van der Waals surface area contributed by atoms with Gasteiger partial charge >= 0.3 is 6.18 Å². The van der Waals surface area contributed by atoms with Crippen molar-refractivity contribution in [2.45, 2.75) is 38.6 Å². The molecule has 0 saturated heterocycles. The van der Waals surface area contributed by atoms with Gasteiger partial charge < -0.3 is 10.8 Å². The smallest absolute Gasteiger partial charge is 0.391 e. The van der Waals surface area contributed by atoms with Crippen LogP contribution in [-0.2, 0) is 6.18 Å². The highest BCUT2D eigenvalue weighted by Gasteiger charge is 2.35. The fourth-order valence-electron chi connectivity index (χ4n) is 1.88. The van der Waals surface area contributed by atoms with Crippen molar-refractivity contribution in [1.82, 2.24) is 0 Å². The van der Waals surface area contributed by atoms with Crippen LogP contribution < -0.4 is 5.73 Å². The summed E-state index contributed by atoms with van der Waals surface area (Å²) in [4.78, 5) is 0. The summed E-state index contributed by atoms with van der Waals surface area (Å²) in [6, 6.07) is 4.08. The molecular formula is C13H18F3NO. The Morgan fingerprint density at radius 3 is 2.28 bits per heavy atom. The van der Waals surface area contributed by atoms with E-state index in [0.29, 0.717) is 6.42 Å². The number of rotatable bonds is 4. The molecular weight excluding hydrogens is 243 g/mol. The third-order valence-electron chi connectivity index (χ3n) is 2.75. The zero-order valence-corrected chi connectivity index (χ0v) is 10.4. The van der Waals surface area contributed by atoms with Crippen molar-refractivity contribution in [3.63, 3.8) is 0 Å². The number of aliphatic hydroxyl groups excluding tert-OH is 1. The van der Waals surface area contributed by atoms with E-state index >= 15 is 0 Å². The van der Waals surface area contributed by atoms with Gasteiger partial charge in [-0.15, -0.1) is 0 Å². The molecule has 102 valence electrons. The van der Waals surface area contributed by atoms with Crippen LogP contribution >= 0.6 is 0 Å². The van der Waals surface area contributed by atoms with E-state index in [0.717, 1.165) is 6.07 Å². The highest BCUT2D eigenvalue weighted by Crippen LogP contribution is 2.35. The number of alkyl halides is 3. The number of hydrogen-bond acceptors (Lipinski definition) is 2. The maximum Gasteiger partial charge on any atom is 0.416 e. The first kappa shape index (κ1) is 15.0. The number of hydrogen-bond donors (Lipinski definition) is 2. The predicted molar refractivity (Wildman–Crippen MR) is 63.8 cm³/mol. The van der Waals surface area contributed by atoms with Crippen LogP contribution in [-0.4, -0.2) is 11.2 Å². The van der Waals surface area contributed by atoms with E-state index in [9.17, 15) is 18.3 Å². The molecule has 18 heavy (non-hydrogen) atoms. The normalized spacial score (nSPS) is 15.8. The average molecular weight is 261 g/mol. The summed E-state index contributed by atoms with van der Waals surface area (Å²) in [7, 11) is 0. The van der Waals surface area contributed by atoms with Crippen molar-refractivity contribution < 1.29 is 18.3 Å². The molecule has 0 aliphatic rings. The summed E-state index contributed by atoms with van der Waals surface area (Å²) in [5, 5.41) is 9.84. The maximum atomic E-state index is 12.8. The molecule has 0 unspecified atom stereocenters. The molecule has 0 amide bonds. The molecule has 0 fully saturated rings. The molecule has 1 aromatic rings. The second-order valence-electron chi connectivity index (χ2n) is 4.81. The molecule has 3 N–H and O–H groups in total. The van der Waals surface area contributed by atoms with Gasteiger partial charge in [0.2, 0.25) is 0 Å². The van der Waals surface area contributed by atoms with Crippen molar-refractivity contribution in [2.24, 2.45) is 11.7 Å². The molecule has 0 aliphatic carbocycles. The van der Waals surface area contributed by atoms with E-state index in [2.05, 4.69) is 0 Å². The summed E-state index contributed by atoms with van der Waals surface area (Å²) in [5.74, 6) is 0.170. The number of halogens is 3. The molecule has 2 atom stereocenters. The number of nitrogens with two attached hydrogens (primary N) is 1. The van der Waals surface area contributed by atoms with Crippen LogP contribution in [0.4, 0.5) is 13.2 Å². The molecule has 0 aromatic heterocycles. The Morgan fingerprint density at radius 1 is 1.22 bits per heavy atom. The lowest BCUT2D eigenvalue weighted by molar-refractivity contribution is -0.138. The van der Waals surface area contributed by atoms with Gasteiger partial charge in [-0.05, 0) is 24.0 Å². The Hall–Kier alpha value is -1.07. The Balaban J connectivity index is 3.02. The molecule has 5 heteroatoms. The third kappa shape index (κ3) is 3.71. The summed E-state index contributed by atoms with van der Waals surface area (Å²) in [6.07, 6.45) is -5.06. The lowest BCUT2D eigenvalue weighted by atomic mass is 9.92. The largest absolute Gasteiger partial charge is 0.416 e. The highest BCUT2D eigenvalue weighted by molar-refractivity contribution is 5.32. The number of aliphatic hydroxyl groups is 1. The fourth-order valence-corrected chi connectivity index (χ4v) is 1.88. The van der Waals surface area contributed by atoms with E-state index in [1.807, 2.05) is 13.8 Å². The van der Waals surface area contributed by atoms with Crippen molar-refractivity contribution in [3.8, 4) is 0 Å². The average Bonchev–Trinajstić information content (AvgIpc) is 2.26. The van der Waals surface area contributed by atoms with Crippen LogP contribution in [0.5, 0.6) is 0 Å². The minimum Gasteiger partial charge on any atom is -0.391 e. The van der Waals surface area contributed by atoms with Crippen molar-refractivity contribution >= 4 is 0 Å². The Bertz CT molecular complexity index is 390. The Morgan fingerprint density at radius 2 is 1.78 bits per heavy atom. The summed E-state index contributed by atoms with van der Waals surface area (Å²) in [5.41, 5.74) is 4.90. The van der Waals surface area contributed by atoms with Crippen LogP contribution in [0.3, 0.4) is 0 Å².